The van der Waals surface area contributed by atoms with E-state index in [0.717, 1.165) is 44.0 Å². The molecule has 0 bridgehead atoms. The van der Waals surface area contributed by atoms with Gasteiger partial charge in [0, 0.05) is 36.9 Å². The molecule has 2 fully saturated rings. The molecule has 0 radical (unpaired) electrons. The van der Waals surface area contributed by atoms with Crippen LogP contribution in [0.4, 0.5) is 10.1 Å². The predicted octanol–water partition coefficient (Wildman–Crippen LogP) is 3.00. The summed E-state index contributed by atoms with van der Waals surface area (Å²) in [7, 11) is 0. The molecule has 3 rings (SSSR count). The quantitative estimate of drug-likeness (QED) is 0.902. The summed E-state index contributed by atoms with van der Waals surface area (Å²) >= 11 is 0. The van der Waals surface area contributed by atoms with E-state index in [1.807, 2.05) is 6.07 Å². The molecule has 0 unspecified atom stereocenters. The fourth-order valence-electron chi connectivity index (χ4n) is 3.68. The summed E-state index contributed by atoms with van der Waals surface area (Å²) in [5.74, 6) is -0.0668. The normalized spacial score (nSPS) is 20.7. The van der Waals surface area contributed by atoms with Gasteiger partial charge in [0.2, 0.25) is 0 Å². The first-order valence-corrected chi connectivity index (χ1v) is 8.76. The largest absolute Gasteiger partial charge is 0.371 e. The zero-order valence-electron chi connectivity index (χ0n) is 13.7. The van der Waals surface area contributed by atoms with E-state index >= 15 is 0 Å². The highest BCUT2D eigenvalue weighted by atomic mass is 19.1. The average Bonchev–Trinajstić information content (AvgIpc) is 3.08. The van der Waals surface area contributed by atoms with Crippen molar-refractivity contribution in [2.45, 2.75) is 45.2 Å². The van der Waals surface area contributed by atoms with Gasteiger partial charge in [-0.25, -0.2) is 4.39 Å². The van der Waals surface area contributed by atoms with Crippen molar-refractivity contribution in [2.24, 2.45) is 0 Å². The van der Waals surface area contributed by atoms with Gasteiger partial charge >= 0.3 is 0 Å². The molecule has 2 aliphatic heterocycles. The molecule has 4 heteroatoms. The number of rotatable bonds is 5. The van der Waals surface area contributed by atoms with Gasteiger partial charge in [-0.2, -0.15) is 0 Å². The molecule has 0 spiro atoms. The van der Waals surface area contributed by atoms with Gasteiger partial charge in [0.15, 0.2) is 0 Å². The Bertz CT molecular complexity index is 477. The van der Waals surface area contributed by atoms with Gasteiger partial charge < -0.3 is 15.1 Å². The van der Waals surface area contributed by atoms with Gasteiger partial charge in [-0.1, -0.05) is 13.0 Å². The Labute approximate surface area is 133 Å². The molecule has 2 aliphatic rings. The maximum absolute atomic E-state index is 14.3. The van der Waals surface area contributed by atoms with Crippen molar-refractivity contribution in [1.82, 2.24) is 10.2 Å². The number of hydrogen-bond acceptors (Lipinski definition) is 3. The predicted molar refractivity (Wildman–Crippen MR) is 89.8 cm³/mol. The fourth-order valence-corrected chi connectivity index (χ4v) is 3.68. The van der Waals surface area contributed by atoms with Gasteiger partial charge in [0.25, 0.3) is 0 Å². The highest BCUT2D eigenvalue weighted by Crippen LogP contribution is 2.27. The van der Waals surface area contributed by atoms with Crippen LogP contribution in [0.15, 0.2) is 18.2 Å². The molecule has 0 amide bonds. The van der Waals surface area contributed by atoms with Crippen LogP contribution < -0.4 is 10.2 Å². The Hall–Kier alpha value is -1.13. The van der Waals surface area contributed by atoms with Crippen LogP contribution in [0.25, 0.3) is 0 Å². The van der Waals surface area contributed by atoms with Gasteiger partial charge in [0.05, 0.1) is 0 Å². The van der Waals surface area contributed by atoms with Crippen molar-refractivity contribution in [1.29, 1.82) is 0 Å². The van der Waals surface area contributed by atoms with E-state index < -0.39 is 0 Å². The number of likely N-dealkylation sites (tertiary alicyclic amines) is 1. The third-order valence-corrected chi connectivity index (χ3v) is 5.14. The van der Waals surface area contributed by atoms with E-state index in [4.69, 9.17) is 0 Å². The van der Waals surface area contributed by atoms with E-state index in [1.165, 1.54) is 25.7 Å². The second-order valence-electron chi connectivity index (χ2n) is 6.52. The van der Waals surface area contributed by atoms with Crippen LogP contribution in [0, 0.1) is 5.82 Å². The highest BCUT2D eigenvalue weighted by Gasteiger charge is 2.21. The van der Waals surface area contributed by atoms with Crippen LogP contribution in [0.2, 0.25) is 0 Å². The summed E-state index contributed by atoms with van der Waals surface area (Å²) in [4.78, 5) is 4.82. The Morgan fingerprint density at radius 3 is 2.55 bits per heavy atom. The smallest absolute Gasteiger partial charge is 0.129 e. The summed E-state index contributed by atoms with van der Waals surface area (Å²) in [5.41, 5.74) is 1.94. The number of nitrogens with zero attached hydrogens (tertiary/aromatic N) is 2. The van der Waals surface area contributed by atoms with E-state index in [-0.39, 0.29) is 5.82 Å². The van der Waals surface area contributed by atoms with Crippen molar-refractivity contribution in [3.05, 3.63) is 29.6 Å². The molecule has 0 aromatic heterocycles. The fraction of sp³-hybridized carbons (Fsp3) is 0.667. The summed E-state index contributed by atoms with van der Waals surface area (Å²) in [6, 6.07) is 6.03. The molecule has 22 heavy (non-hydrogen) atoms. The number of nitrogens with one attached hydrogen (secondary N) is 1. The van der Waals surface area contributed by atoms with Crippen molar-refractivity contribution in [3.8, 4) is 0 Å². The van der Waals surface area contributed by atoms with E-state index in [0.29, 0.717) is 12.6 Å². The number of piperidine rings is 1. The number of hydrogen-bond donors (Lipinski definition) is 1. The standard InChI is InChI=1S/C18H28FN3/c1-2-21-12-8-15(9-13-21)20-14-16-17(19)6-5-7-18(16)22-10-3-4-11-22/h5-7,15,20H,2-4,8-14H2,1H3. The maximum Gasteiger partial charge on any atom is 0.129 e. The Balaban J connectivity index is 1.62. The molecule has 2 heterocycles. The first-order valence-electron chi connectivity index (χ1n) is 8.76. The molecular formula is C18H28FN3. The van der Waals surface area contributed by atoms with Crippen LogP contribution in [0.1, 0.15) is 38.2 Å². The van der Waals surface area contributed by atoms with Crippen molar-refractivity contribution < 1.29 is 4.39 Å². The molecule has 122 valence electrons. The van der Waals surface area contributed by atoms with E-state index in [9.17, 15) is 4.39 Å². The first-order chi connectivity index (χ1) is 10.8. The minimum absolute atomic E-state index is 0.0668. The monoisotopic (exact) mass is 305 g/mol. The second-order valence-corrected chi connectivity index (χ2v) is 6.52. The number of anilines is 1. The Kier molecular flexibility index (Phi) is 5.32. The van der Waals surface area contributed by atoms with Crippen LogP contribution in [-0.4, -0.2) is 43.7 Å². The molecule has 0 aliphatic carbocycles. The van der Waals surface area contributed by atoms with Gasteiger partial charge in [-0.15, -0.1) is 0 Å². The van der Waals surface area contributed by atoms with Crippen molar-refractivity contribution in [3.63, 3.8) is 0 Å². The van der Waals surface area contributed by atoms with Crippen LogP contribution >= 0.6 is 0 Å². The van der Waals surface area contributed by atoms with Crippen molar-refractivity contribution >= 4 is 5.69 Å². The molecule has 0 saturated carbocycles. The maximum atomic E-state index is 14.3. The number of benzene rings is 1. The lowest BCUT2D eigenvalue weighted by Gasteiger charge is -2.32. The molecule has 1 aromatic carbocycles. The summed E-state index contributed by atoms with van der Waals surface area (Å²) < 4.78 is 14.3. The Morgan fingerprint density at radius 2 is 1.86 bits per heavy atom. The zero-order chi connectivity index (χ0) is 15.4. The SMILES string of the molecule is CCN1CCC(NCc2c(F)cccc2N2CCCC2)CC1. The topological polar surface area (TPSA) is 18.5 Å². The average molecular weight is 305 g/mol. The third-order valence-electron chi connectivity index (χ3n) is 5.14. The van der Waals surface area contributed by atoms with Gasteiger partial charge in [-0.3, -0.25) is 0 Å². The summed E-state index contributed by atoms with van der Waals surface area (Å²) in [5, 5.41) is 3.59. The second kappa shape index (κ2) is 7.42. The lowest BCUT2D eigenvalue weighted by molar-refractivity contribution is 0.205. The summed E-state index contributed by atoms with van der Waals surface area (Å²) in [6.07, 6.45) is 4.78. The van der Waals surface area contributed by atoms with Crippen LogP contribution in [0.3, 0.4) is 0 Å². The van der Waals surface area contributed by atoms with Gasteiger partial charge in [0.1, 0.15) is 5.82 Å². The minimum atomic E-state index is -0.0668. The zero-order valence-corrected chi connectivity index (χ0v) is 13.7. The lowest BCUT2D eigenvalue weighted by atomic mass is 10.0. The first kappa shape index (κ1) is 15.8. The Morgan fingerprint density at radius 1 is 1.14 bits per heavy atom. The van der Waals surface area contributed by atoms with Crippen LogP contribution in [0.5, 0.6) is 0 Å². The minimum Gasteiger partial charge on any atom is -0.371 e. The molecule has 0 atom stereocenters. The van der Waals surface area contributed by atoms with Crippen molar-refractivity contribution in [2.75, 3.05) is 37.6 Å². The van der Waals surface area contributed by atoms with Crippen LogP contribution in [-0.2, 0) is 6.54 Å². The lowest BCUT2D eigenvalue weighted by Crippen LogP contribution is -2.42. The van der Waals surface area contributed by atoms with E-state index in [2.05, 4.69) is 28.1 Å². The van der Waals surface area contributed by atoms with Gasteiger partial charge in [-0.05, 0) is 57.5 Å². The van der Waals surface area contributed by atoms with E-state index in [1.54, 1.807) is 6.07 Å². The third kappa shape index (κ3) is 3.61. The summed E-state index contributed by atoms with van der Waals surface area (Å²) in [6.45, 7) is 8.44. The number of halogens is 1. The molecule has 1 N–H and O–H groups in total. The highest BCUT2D eigenvalue weighted by molar-refractivity contribution is 5.54. The molecular weight excluding hydrogens is 277 g/mol. The molecule has 2 saturated heterocycles. The molecule has 1 aromatic rings. The molecule has 3 nitrogen and oxygen atoms in total.